The Morgan fingerprint density at radius 3 is 1.88 bits per heavy atom. The molecule has 0 heterocycles. The van der Waals surface area contributed by atoms with E-state index in [4.69, 9.17) is 9.47 Å². The van der Waals surface area contributed by atoms with E-state index in [1.54, 1.807) is 7.11 Å². The van der Waals surface area contributed by atoms with Gasteiger partial charge in [0.1, 0.15) is 5.75 Å². The summed E-state index contributed by atoms with van der Waals surface area (Å²) in [6.45, 7) is 10.2. The first-order chi connectivity index (χ1) is 12.3. The highest BCUT2D eigenvalue weighted by Crippen LogP contribution is 2.33. The van der Waals surface area contributed by atoms with Gasteiger partial charge in [-0.25, -0.2) is 0 Å². The summed E-state index contributed by atoms with van der Waals surface area (Å²) in [6, 6.07) is 16.4. The topological polar surface area (TPSA) is 35.5 Å². The molecule has 3 nitrogen and oxygen atoms in total. The molecule has 0 N–H and O–H groups in total. The van der Waals surface area contributed by atoms with Gasteiger partial charge in [-0.15, -0.1) is 0 Å². The van der Waals surface area contributed by atoms with Crippen LogP contribution in [0.3, 0.4) is 0 Å². The summed E-state index contributed by atoms with van der Waals surface area (Å²) in [5.41, 5.74) is 3.46. The molecule has 0 saturated carbocycles. The van der Waals surface area contributed by atoms with E-state index < -0.39 is 0 Å². The summed E-state index contributed by atoms with van der Waals surface area (Å²) in [5, 5.41) is 0. The third kappa shape index (κ3) is 4.53. The summed E-state index contributed by atoms with van der Waals surface area (Å²) in [4.78, 5) is 11.7. The number of hydrogen-bond acceptors (Lipinski definition) is 3. The third-order valence-corrected chi connectivity index (χ3v) is 4.93. The molecule has 0 aliphatic heterocycles. The lowest BCUT2D eigenvalue weighted by Crippen LogP contribution is -2.19. The van der Waals surface area contributed by atoms with Gasteiger partial charge in [0.15, 0.2) is 0 Å². The van der Waals surface area contributed by atoms with Crippen molar-refractivity contribution < 1.29 is 14.3 Å². The smallest absolute Gasteiger partial charge is 0.313 e. The second-order valence-corrected chi connectivity index (χ2v) is 7.48. The van der Waals surface area contributed by atoms with E-state index in [0.29, 0.717) is 5.75 Å². The van der Waals surface area contributed by atoms with Gasteiger partial charge in [-0.05, 0) is 35.2 Å². The number of benzene rings is 2. The van der Waals surface area contributed by atoms with Gasteiger partial charge in [-0.3, -0.25) is 4.79 Å². The highest BCUT2D eigenvalue weighted by molar-refractivity contribution is 5.74. The molecule has 2 aromatic rings. The van der Waals surface area contributed by atoms with Crippen LogP contribution in [0.1, 0.15) is 63.8 Å². The summed E-state index contributed by atoms with van der Waals surface area (Å²) >= 11 is 0. The van der Waals surface area contributed by atoms with Crippen molar-refractivity contribution in [2.45, 2.75) is 52.6 Å². The Bertz CT molecular complexity index is 708. The summed E-state index contributed by atoms with van der Waals surface area (Å²) in [6.07, 6.45) is 1.09. The van der Waals surface area contributed by atoms with Gasteiger partial charge in [0.25, 0.3) is 0 Å². The van der Waals surface area contributed by atoms with Gasteiger partial charge < -0.3 is 9.47 Å². The van der Waals surface area contributed by atoms with Crippen molar-refractivity contribution in [1.82, 2.24) is 0 Å². The van der Waals surface area contributed by atoms with Crippen LogP contribution in [0.4, 0.5) is 0 Å². The number of carbonyl (C=O) groups is 1. The first-order valence-corrected chi connectivity index (χ1v) is 9.25. The molecular formula is C23H30O3. The van der Waals surface area contributed by atoms with E-state index in [9.17, 15) is 4.79 Å². The fourth-order valence-corrected chi connectivity index (χ4v) is 2.99. The molecule has 1 unspecified atom stereocenters. The van der Waals surface area contributed by atoms with Crippen LogP contribution in [0.5, 0.6) is 5.75 Å². The Balaban J connectivity index is 2.20. The molecule has 26 heavy (non-hydrogen) atoms. The van der Waals surface area contributed by atoms with E-state index in [1.165, 1.54) is 16.7 Å². The molecule has 2 rings (SSSR count). The molecule has 0 fully saturated rings. The quantitative estimate of drug-likeness (QED) is 0.474. The summed E-state index contributed by atoms with van der Waals surface area (Å²) in [5.74, 6) is 0.240. The number of esters is 1. The van der Waals surface area contributed by atoms with Crippen LogP contribution >= 0.6 is 0 Å². The second-order valence-electron chi connectivity index (χ2n) is 7.48. The Morgan fingerprint density at radius 1 is 0.962 bits per heavy atom. The molecule has 0 aliphatic rings. The Morgan fingerprint density at radius 2 is 1.46 bits per heavy atom. The lowest BCUT2D eigenvalue weighted by Gasteiger charge is -2.27. The van der Waals surface area contributed by atoms with Crippen LogP contribution in [0.2, 0.25) is 0 Å². The van der Waals surface area contributed by atoms with E-state index >= 15 is 0 Å². The first-order valence-electron chi connectivity index (χ1n) is 9.25. The van der Waals surface area contributed by atoms with Crippen LogP contribution in [0.25, 0.3) is 0 Å². The van der Waals surface area contributed by atoms with Crippen LogP contribution in [0, 0.1) is 5.92 Å². The Kier molecular flexibility index (Phi) is 6.60. The highest BCUT2D eigenvalue weighted by atomic mass is 16.5. The molecule has 0 aliphatic carbocycles. The molecule has 0 bridgehead atoms. The normalized spacial score (nSPS) is 12.9. The lowest BCUT2D eigenvalue weighted by molar-refractivity contribution is -0.137. The van der Waals surface area contributed by atoms with Crippen LogP contribution < -0.4 is 4.74 Å². The molecule has 0 radical (unpaired) electrons. The fraction of sp³-hybridized carbons (Fsp3) is 0.435. The SMILES string of the molecule is CCC(OC)c1ccc(C(C)(C)c2ccc(OC(=O)C(C)C)cc2)cc1. The van der Waals surface area contributed by atoms with Crippen LogP contribution in [-0.2, 0) is 14.9 Å². The van der Waals surface area contributed by atoms with Crippen molar-refractivity contribution in [3.8, 4) is 5.75 Å². The number of hydrogen-bond donors (Lipinski definition) is 0. The van der Waals surface area contributed by atoms with Gasteiger partial charge >= 0.3 is 5.97 Å². The predicted octanol–water partition coefficient (Wildman–Crippen LogP) is 5.67. The van der Waals surface area contributed by atoms with Crippen molar-refractivity contribution in [2.24, 2.45) is 5.92 Å². The number of ether oxygens (including phenoxy) is 2. The zero-order chi connectivity index (χ0) is 19.3. The van der Waals surface area contributed by atoms with Crippen molar-refractivity contribution >= 4 is 5.97 Å². The molecule has 3 heteroatoms. The molecule has 0 saturated heterocycles. The number of carbonyl (C=O) groups excluding carboxylic acids is 1. The summed E-state index contributed by atoms with van der Waals surface area (Å²) < 4.78 is 10.9. The van der Waals surface area contributed by atoms with Crippen LogP contribution in [-0.4, -0.2) is 13.1 Å². The number of methoxy groups -OCH3 is 1. The Labute approximate surface area is 157 Å². The zero-order valence-electron chi connectivity index (χ0n) is 16.7. The van der Waals surface area contributed by atoms with Gasteiger partial charge in [0, 0.05) is 12.5 Å². The predicted molar refractivity (Wildman–Crippen MR) is 106 cm³/mol. The van der Waals surface area contributed by atoms with Gasteiger partial charge in [-0.1, -0.05) is 71.0 Å². The monoisotopic (exact) mass is 354 g/mol. The fourth-order valence-electron chi connectivity index (χ4n) is 2.99. The average Bonchev–Trinajstić information content (AvgIpc) is 2.63. The van der Waals surface area contributed by atoms with Gasteiger partial charge in [-0.2, -0.15) is 0 Å². The maximum Gasteiger partial charge on any atom is 0.313 e. The summed E-state index contributed by atoms with van der Waals surface area (Å²) in [7, 11) is 1.75. The largest absolute Gasteiger partial charge is 0.426 e. The molecular weight excluding hydrogens is 324 g/mol. The minimum Gasteiger partial charge on any atom is -0.426 e. The van der Waals surface area contributed by atoms with E-state index in [-0.39, 0.29) is 23.4 Å². The molecule has 140 valence electrons. The standard InChI is InChI=1S/C23H30O3/c1-7-21(25-6)17-8-10-18(11-9-17)23(4,5)19-12-14-20(15-13-19)26-22(24)16(2)3/h8-16,21H,7H2,1-6H3. The maximum absolute atomic E-state index is 11.7. The van der Waals surface area contributed by atoms with E-state index in [1.807, 2.05) is 38.1 Å². The maximum atomic E-state index is 11.7. The van der Waals surface area contributed by atoms with Gasteiger partial charge in [0.2, 0.25) is 0 Å². The molecule has 2 aromatic carbocycles. The highest BCUT2D eigenvalue weighted by Gasteiger charge is 2.23. The van der Waals surface area contributed by atoms with E-state index in [0.717, 1.165) is 6.42 Å². The Hall–Kier alpha value is -2.13. The minimum atomic E-state index is -0.212. The van der Waals surface area contributed by atoms with Gasteiger partial charge in [0.05, 0.1) is 12.0 Å². The minimum absolute atomic E-state index is 0.135. The second kappa shape index (κ2) is 8.50. The number of rotatable bonds is 7. The van der Waals surface area contributed by atoms with Crippen molar-refractivity contribution in [2.75, 3.05) is 7.11 Å². The zero-order valence-corrected chi connectivity index (χ0v) is 16.7. The molecule has 0 amide bonds. The van der Waals surface area contributed by atoms with Crippen molar-refractivity contribution in [1.29, 1.82) is 0 Å². The van der Waals surface area contributed by atoms with Crippen LogP contribution in [0.15, 0.2) is 48.5 Å². The molecule has 0 aromatic heterocycles. The third-order valence-electron chi connectivity index (χ3n) is 4.93. The molecule has 0 spiro atoms. The van der Waals surface area contributed by atoms with Crippen molar-refractivity contribution in [3.63, 3.8) is 0 Å². The van der Waals surface area contributed by atoms with Crippen molar-refractivity contribution in [3.05, 3.63) is 65.2 Å². The molecule has 1 atom stereocenters. The lowest BCUT2D eigenvalue weighted by atomic mass is 9.78. The van der Waals surface area contributed by atoms with E-state index in [2.05, 4.69) is 45.0 Å². The average molecular weight is 354 g/mol. The first kappa shape index (κ1) is 20.2.